The van der Waals surface area contributed by atoms with Crippen molar-refractivity contribution >= 4 is 0 Å². The van der Waals surface area contributed by atoms with Gasteiger partial charge in [0.05, 0.1) is 19.8 Å². The van der Waals surface area contributed by atoms with Gasteiger partial charge in [-0.2, -0.15) is 0 Å². The Morgan fingerprint density at radius 2 is 1.59 bits per heavy atom. The van der Waals surface area contributed by atoms with Gasteiger partial charge in [-0.25, -0.2) is 0 Å². The Kier molecular flexibility index (Phi) is 7.52. The molecule has 0 aromatic rings. The maximum Gasteiger partial charge on any atom is 0.224 e. The van der Waals surface area contributed by atoms with Crippen LogP contribution in [0.5, 0.6) is 0 Å². The van der Waals surface area contributed by atoms with Crippen molar-refractivity contribution in [1.82, 2.24) is 0 Å². The van der Waals surface area contributed by atoms with Crippen LogP contribution in [0.2, 0.25) is 0 Å². The van der Waals surface area contributed by atoms with Gasteiger partial charge in [-0.3, -0.25) is 0 Å². The number of aliphatic hydroxyl groups is 7. The van der Waals surface area contributed by atoms with E-state index in [1.54, 1.807) is 0 Å². The van der Waals surface area contributed by atoms with Crippen molar-refractivity contribution in [3.63, 3.8) is 0 Å². The fourth-order valence-corrected chi connectivity index (χ4v) is 2.94. The summed E-state index contributed by atoms with van der Waals surface area (Å²) in [4.78, 5) is 0. The molecule has 0 bridgehead atoms. The Hall–Kier alpha value is -0.900. The minimum Gasteiger partial charge on any atom is -0.401 e. The zero-order valence-corrected chi connectivity index (χ0v) is 14.5. The summed E-state index contributed by atoms with van der Waals surface area (Å²) in [6.07, 6.45) is -12.5. The van der Waals surface area contributed by atoms with E-state index in [9.17, 15) is 35.7 Å². The summed E-state index contributed by atoms with van der Waals surface area (Å²) in [5.41, 5.74) is 5.56. The van der Waals surface area contributed by atoms with Crippen LogP contribution in [-0.4, -0.2) is 117 Å². The molecule has 2 aliphatic rings. The van der Waals surface area contributed by atoms with Gasteiger partial charge in [-0.1, -0.05) is 6.58 Å². The van der Waals surface area contributed by atoms with E-state index >= 15 is 0 Å². The largest absolute Gasteiger partial charge is 0.401 e. The van der Waals surface area contributed by atoms with Gasteiger partial charge in [0.2, 0.25) is 5.79 Å². The molecule has 2 rings (SSSR count). The molecule has 0 aliphatic carbocycles. The number of nitrogens with two attached hydrogens (primary N) is 1. The van der Waals surface area contributed by atoms with Gasteiger partial charge in [-0.05, 0) is 0 Å². The van der Waals surface area contributed by atoms with E-state index in [-0.39, 0.29) is 12.3 Å². The second-order valence-corrected chi connectivity index (χ2v) is 6.55. The van der Waals surface area contributed by atoms with E-state index in [2.05, 4.69) is 6.58 Å². The van der Waals surface area contributed by atoms with E-state index in [1.165, 1.54) is 0 Å². The van der Waals surface area contributed by atoms with Crippen LogP contribution in [0, 0.1) is 0 Å². The smallest absolute Gasteiger partial charge is 0.224 e. The number of ether oxygens (including phenoxy) is 4. The fourth-order valence-electron chi connectivity index (χ4n) is 2.94. The molecule has 27 heavy (non-hydrogen) atoms. The van der Waals surface area contributed by atoms with Crippen molar-refractivity contribution in [3.05, 3.63) is 12.3 Å². The quantitative estimate of drug-likeness (QED) is 0.194. The first-order chi connectivity index (χ1) is 12.7. The third kappa shape index (κ3) is 4.58. The lowest BCUT2D eigenvalue weighted by atomic mass is 9.99. The molecule has 12 nitrogen and oxygen atoms in total. The molecule has 2 aliphatic heterocycles. The van der Waals surface area contributed by atoms with Gasteiger partial charge in [0, 0.05) is 5.70 Å². The second kappa shape index (κ2) is 9.07. The number of hydrogen-bond acceptors (Lipinski definition) is 12. The molecule has 0 aromatic heterocycles. The summed E-state index contributed by atoms with van der Waals surface area (Å²) in [6.45, 7) is 1.45. The lowest BCUT2D eigenvalue weighted by Gasteiger charge is -2.43. The molecular formula is C15H27NO11. The third-order valence-electron chi connectivity index (χ3n) is 4.44. The Morgan fingerprint density at radius 3 is 2.11 bits per heavy atom. The normalized spacial score (nSPS) is 45.1. The molecule has 2 fully saturated rings. The standard InChI is InChI=1S/C15H27NO11/c1-6(16)4-24-5-15(13(23)10(20)8(3-18)26-15)27-14-12(22)11(21)9(19)7(2-17)25-14/h7-14,17-23H,1-5,16H2/t7-,8-,9-,10-,11+,12-,13+,14-,15+/m1/s1. The molecule has 2 saturated heterocycles. The van der Waals surface area contributed by atoms with Crippen molar-refractivity contribution < 1.29 is 54.7 Å². The van der Waals surface area contributed by atoms with Crippen molar-refractivity contribution in [2.24, 2.45) is 5.73 Å². The van der Waals surface area contributed by atoms with Crippen LogP contribution in [0.25, 0.3) is 0 Å². The Bertz CT molecular complexity index is 506. The highest BCUT2D eigenvalue weighted by Crippen LogP contribution is 2.36. The van der Waals surface area contributed by atoms with Crippen molar-refractivity contribution in [1.29, 1.82) is 0 Å². The van der Waals surface area contributed by atoms with Gasteiger partial charge >= 0.3 is 0 Å². The molecule has 12 heteroatoms. The maximum atomic E-state index is 10.4. The summed E-state index contributed by atoms with van der Waals surface area (Å²) in [5, 5.41) is 68.8. The van der Waals surface area contributed by atoms with Crippen LogP contribution in [0.15, 0.2) is 12.3 Å². The van der Waals surface area contributed by atoms with E-state index in [1.807, 2.05) is 0 Å². The number of rotatable bonds is 8. The first-order valence-electron chi connectivity index (χ1n) is 8.31. The van der Waals surface area contributed by atoms with E-state index < -0.39 is 74.6 Å². The fraction of sp³-hybridized carbons (Fsp3) is 0.867. The zero-order valence-electron chi connectivity index (χ0n) is 14.5. The number of aliphatic hydroxyl groups excluding tert-OH is 7. The van der Waals surface area contributed by atoms with Crippen LogP contribution in [0.4, 0.5) is 0 Å². The highest BCUT2D eigenvalue weighted by molar-refractivity contribution is 4.99. The topological polar surface area (TPSA) is 205 Å². The predicted molar refractivity (Wildman–Crippen MR) is 85.7 cm³/mol. The molecular weight excluding hydrogens is 370 g/mol. The Labute approximate surface area is 155 Å². The monoisotopic (exact) mass is 397 g/mol. The zero-order chi connectivity index (χ0) is 20.4. The SMILES string of the molecule is C=C(N)COC[C@@]1(O[C@H]2O[C@H](CO)[C@@H](O)[C@H](O)[C@H]2O)O[C@H](CO)[C@@H](O)[C@@H]1O. The predicted octanol–water partition coefficient (Wildman–Crippen LogP) is -4.90. The second-order valence-electron chi connectivity index (χ2n) is 6.55. The highest BCUT2D eigenvalue weighted by Gasteiger charge is 2.58. The van der Waals surface area contributed by atoms with Gasteiger partial charge in [0.1, 0.15) is 49.3 Å². The van der Waals surface area contributed by atoms with Crippen LogP contribution < -0.4 is 5.73 Å². The van der Waals surface area contributed by atoms with Crippen LogP contribution in [0.1, 0.15) is 0 Å². The van der Waals surface area contributed by atoms with Crippen molar-refractivity contribution in [3.8, 4) is 0 Å². The van der Waals surface area contributed by atoms with Gasteiger partial charge in [-0.15, -0.1) is 0 Å². The van der Waals surface area contributed by atoms with Gasteiger partial charge < -0.3 is 60.4 Å². The summed E-state index contributed by atoms with van der Waals surface area (Å²) < 4.78 is 21.4. The van der Waals surface area contributed by atoms with E-state index in [0.717, 1.165) is 0 Å². The average Bonchev–Trinajstić information content (AvgIpc) is 2.87. The molecule has 0 spiro atoms. The van der Waals surface area contributed by atoms with Crippen molar-refractivity contribution in [2.75, 3.05) is 26.4 Å². The summed E-state index contributed by atoms with van der Waals surface area (Å²) >= 11 is 0. The molecule has 0 unspecified atom stereocenters. The molecule has 9 N–H and O–H groups in total. The summed E-state index contributed by atoms with van der Waals surface area (Å²) in [6, 6.07) is 0. The molecule has 158 valence electrons. The molecule has 2 heterocycles. The van der Waals surface area contributed by atoms with Crippen LogP contribution in [-0.2, 0) is 18.9 Å². The maximum absolute atomic E-state index is 10.4. The van der Waals surface area contributed by atoms with Gasteiger partial charge in [0.15, 0.2) is 6.29 Å². The minimum absolute atomic E-state index is 0.143. The lowest BCUT2D eigenvalue weighted by molar-refractivity contribution is -0.385. The van der Waals surface area contributed by atoms with E-state index in [4.69, 9.17) is 24.7 Å². The molecule has 0 amide bonds. The minimum atomic E-state index is -2.10. The average molecular weight is 397 g/mol. The van der Waals surface area contributed by atoms with Crippen LogP contribution >= 0.6 is 0 Å². The lowest BCUT2D eigenvalue weighted by Crippen LogP contribution is -2.62. The number of hydrogen-bond donors (Lipinski definition) is 8. The molecule has 0 radical (unpaired) electrons. The molecule has 0 aromatic carbocycles. The third-order valence-corrected chi connectivity index (χ3v) is 4.44. The van der Waals surface area contributed by atoms with E-state index in [0.29, 0.717) is 0 Å². The van der Waals surface area contributed by atoms with Crippen molar-refractivity contribution in [2.45, 2.75) is 54.8 Å². The van der Waals surface area contributed by atoms with Gasteiger partial charge in [0.25, 0.3) is 0 Å². The summed E-state index contributed by atoms with van der Waals surface area (Å²) in [7, 11) is 0. The molecule has 0 saturated carbocycles. The first kappa shape index (κ1) is 22.4. The summed E-state index contributed by atoms with van der Waals surface area (Å²) in [5.74, 6) is -2.10. The highest BCUT2D eigenvalue weighted by atomic mass is 16.8. The molecule has 9 atom stereocenters. The first-order valence-corrected chi connectivity index (χ1v) is 8.31. The Balaban J connectivity index is 2.22. The Morgan fingerprint density at radius 1 is 0.963 bits per heavy atom. The van der Waals surface area contributed by atoms with Crippen LogP contribution in [0.3, 0.4) is 0 Å².